The molecular formula is C13H16N4O3. The topological polar surface area (TPSA) is 103 Å². The van der Waals surface area contributed by atoms with Crippen molar-refractivity contribution >= 4 is 11.5 Å². The third kappa shape index (κ3) is 2.86. The van der Waals surface area contributed by atoms with Crippen LogP contribution in [0.25, 0.3) is 0 Å². The minimum atomic E-state index is -0.731. The number of rotatable bonds is 4. The molecule has 1 aromatic rings. The maximum absolute atomic E-state index is 10.8. The highest BCUT2D eigenvalue weighted by Gasteiger charge is 2.32. The molecule has 0 bridgehead atoms. The van der Waals surface area contributed by atoms with Gasteiger partial charge in [0.1, 0.15) is 11.9 Å². The molecule has 1 aliphatic carbocycles. The van der Waals surface area contributed by atoms with Crippen molar-refractivity contribution in [3.63, 3.8) is 0 Å². The van der Waals surface area contributed by atoms with Crippen molar-refractivity contribution in [3.05, 3.63) is 27.9 Å². The smallest absolute Gasteiger partial charge is 0.305 e. The van der Waals surface area contributed by atoms with Gasteiger partial charge in [0.15, 0.2) is 0 Å². The van der Waals surface area contributed by atoms with Crippen LogP contribution < -0.4 is 4.90 Å². The van der Waals surface area contributed by atoms with Crippen LogP contribution in [0.15, 0.2) is 12.1 Å². The lowest BCUT2D eigenvalue weighted by molar-refractivity contribution is -0.385. The molecule has 1 fully saturated rings. The lowest BCUT2D eigenvalue weighted by atomic mass is 10.0. The van der Waals surface area contributed by atoms with E-state index in [-0.39, 0.29) is 11.4 Å². The van der Waals surface area contributed by atoms with Crippen LogP contribution >= 0.6 is 0 Å². The lowest BCUT2D eigenvalue weighted by Gasteiger charge is -2.29. The number of hydrogen-bond acceptors (Lipinski definition) is 6. The summed E-state index contributed by atoms with van der Waals surface area (Å²) in [4.78, 5) is 15.9. The van der Waals surface area contributed by atoms with Crippen molar-refractivity contribution in [3.8, 4) is 6.07 Å². The van der Waals surface area contributed by atoms with Crippen molar-refractivity contribution < 1.29 is 10.0 Å². The normalized spacial score (nSPS) is 16.6. The van der Waals surface area contributed by atoms with Crippen LogP contribution in [0.4, 0.5) is 11.5 Å². The first kappa shape index (κ1) is 14.2. The van der Waals surface area contributed by atoms with Gasteiger partial charge in [-0.25, -0.2) is 4.98 Å². The molecule has 1 saturated carbocycles. The van der Waals surface area contributed by atoms with Gasteiger partial charge in [-0.1, -0.05) is 12.8 Å². The molecule has 106 valence electrons. The molecule has 1 aromatic heterocycles. The third-order valence-corrected chi connectivity index (χ3v) is 3.62. The largest absolute Gasteiger partial charge is 0.388 e. The summed E-state index contributed by atoms with van der Waals surface area (Å²) in [5.41, 5.74) is -1.24. The molecule has 1 aliphatic rings. The highest BCUT2D eigenvalue weighted by Crippen LogP contribution is 2.31. The molecule has 20 heavy (non-hydrogen) atoms. The number of likely N-dealkylation sites (N-methyl/N-ethyl adjacent to an activating group) is 1. The summed E-state index contributed by atoms with van der Waals surface area (Å²) in [6, 6.07) is 4.50. The summed E-state index contributed by atoms with van der Waals surface area (Å²) in [7, 11) is 1.76. The van der Waals surface area contributed by atoms with Gasteiger partial charge < -0.3 is 10.0 Å². The molecular weight excluding hydrogens is 260 g/mol. The molecule has 7 heteroatoms. The Balaban J connectivity index is 2.20. The summed E-state index contributed by atoms with van der Waals surface area (Å²) in [6.07, 6.45) is 3.49. The molecule has 0 radical (unpaired) electrons. The van der Waals surface area contributed by atoms with Crippen LogP contribution in [-0.4, -0.2) is 34.2 Å². The zero-order valence-corrected chi connectivity index (χ0v) is 11.2. The molecule has 0 saturated heterocycles. The summed E-state index contributed by atoms with van der Waals surface area (Å²) in [5, 5.41) is 30.0. The number of nitriles is 1. The van der Waals surface area contributed by atoms with Crippen LogP contribution in [0.1, 0.15) is 31.4 Å². The average molecular weight is 276 g/mol. The second-order valence-corrected chi connectivity index (χ2v) is 5.19. The maximum atomic E-state index is 10.8. The molecule has 1 heterocycles. The van der Waals surface area contributed by atoms with Crippen LogP contribution in [0.3, 0.4) is 0 Å². The Morgan fingerprint density at radius 3 is 2.75 bits per heavy atom. The minimum Gasteiger partial charge on any atom is -0.388 e. The van der Waals surface area contributed by atoms with E-state index in [0.717, 1.165) is 25.7 Å². The Labute approximate surface area is 116 Å². The molecule has 2 rings (SSSR count). The van der Waals surface area contributed by atoms with Gasteiger partial charge in [0.05, 0.1) is 10.5 Å². The first-order chi connectivity index (χ1) is 9.45. The van der Waals surface area contributed by atoms with E-state index in [1.165, 1.54) is 12.1 Å². The van der Waals surface area contributed by atoms with Crippen molar-refractivity contribution in [2.45, 2.75) is 31.3 Å². The third-order valence-electron chi connectivity index (χ3n) is 3.62. The van der Waals surface area contributed by atoms with E-state index < -0.39 is 10.5 Å². The second-order valence-electron chi connectivity index (χ2n) is 5.19. The Morgan fingerprint density at radius 2 is 2.20 bits per heavy atom. The highest BCUT2D eigenvalue weighted by molar-refractivity contribution is 5.51. The van der Waals surface area contributed by atoms with E-state index in [2.05, 4.69) is 4.98 Å². The monoisotopic (exact) mass is 276 g/mol. The van der Waals surface area contributed by atoms with E-state index in [9.17, 15) is 15.2 Å². The van der Waals surface area contributed by atoms with Gasteiger partial charge >= 0.3 is 5.69 Å². The van der Waals surface area contributed by atoms with E-state index >= 15 is 0 Å². The Bertz CT molecular complexity index is 561. The number of nitro groups is 1. The van der Waals surface area contributed by atoms with E-state index in [0.29, 0.717) is 12.4 Å². The average Bonchev–Trinajstić information content (AvgIpc) is 2.84. The zero-order valence-electron chi connectivity index (χ0n) is 11.2. The number of aromatic nitrogens is 1. The van der Waals surface area contributed by atoms with Crippen molar-refractivity contribution in [2.24, 2.45) is 0 Å². The molecule has 0 amide bonds. The number of hydrogen-bond donors (Lipinski definition) is 1. The predicted octanol–water partition coefficient (Wildman–Crippen LogP) is 1.60. The number of anilines is 1. The maximum Gasteiger partial charge on any atom is 0.305 e. The molecule has 0 aromatic carbocycles. The van der Waals surface area contributed by atoms with Gasteiger partial charge in [-0.3, -0.25) is 10.1 Å². The second kappa shape index (κ2) is 5.43. The van der Waals surface area contributed by atoms with Gasteiger partial charge in [0, 0.05) is 19.7 Å². The van der Waals surface area contributed by atoms with Crippen LogP contribution in [0, 0.1) is 21.4 Å². The molecule has 0 atom stereocenters. The first-order valence-electron chi connectivity index (χ1n) is 6.44. The van der Waals surface area contributed by atoms with E-state index in [1.54, 1.807) is 18.0 Å². The van der Waals surface area contributed by atoms with Crippen LogP contribution in [-0.2, 0) is 0 Å². The Hall–Kier alpha value is -2.20. The summed E-state index contributed by atoms with van der Waals surface area (Å²) in [6.45, 7) is 0.405. The van der Waals surface area contributed by atoms with Crippen molar-refractivity contribution in [1.29, 1.82) is 5.26 Å². The highest BCUT2D eigenvalue weighted by atomic mass is 16.6. The fraction of sp³-hybridized carbons (Fsp3) is 0.538. The minimum absolute atomic E-state index is 0.210. The quantitative estimate of drug-likeness (QED) is 0.661. The Morgan fingerprint density at radius 1 is 1.55 bits per heavy atom. The number of aliphatic hydroxyl groups is 1. The van der Waals surface area contributed by atoms with Crippen molar-refractivity contribution in [2.75, 3.05) is 18.5 Å². The first-order valence-corrected chi connectivity index (χ1v) is 6.44. The van der Waals surface area contributed by atoms with Crippen molar-refractivity contribution in [1.82, 2.24) is 4.98 Å². The zero-order chi connectivity index (χ0) is 14.8. The van der Waals surface area contributed by atoms with Gasteiger partial charge in [-0.05, 0) is 18.9 Å². The predicted molar refractivity (Wildman–Crippen MR) is 72.3 cm³/mol. The standard InChI is InChI=1S/C13H16N4O3/c1-16(9-13(18)6-2-3-7-13)12-5-4-11(17(19)20)10(8-14)15-12/h4-5,18H,2-3,6-7,9H2,1H3. The van der Waals surface area contributed by atoms with Gasteiger partial charge in [-0.2, -0.15) is 5.26 Å². The lowest BCUT2D eigenvalue weighted by Crippen LogP contribution is -2.39. The van der Waals surface area contributed by atoms with E-state index in [4.69, 9.17) is 5.26 Å². The fourth-order valence-corrected chi connectivity index (χ4v) is 2.60. The van der Waals surface area contributed by atoms with Gasteiger partial charge in [-0.15, -0.1) is 0 Å². The summed E-state index contributed by atoms with van der Waals surface area (Å²) < 4.78 is 0. The van der Waals surface area contributed by atoms with Gasteiger partial charge in [0.25, 0.3) is 0 Å². The molecule has 7 nitrogen and oxygen atoms in total. The fourth-order valence-electron chi connectivity index (χ4n) is 2.60. The summed E-state index contributed by atoms with van der Waals surface area (Å²) >= 11 is 0. The SMILES string of the molecule is CN(CC1(O)CCCC1)c1ccc([N+](=O)[O-])c(C#N)n1. The van der Waals surface area contributed by atoms with Crippen LogP contribution in [0.5, 0.6) is 0 Å². The van der Waals surface area contributed by atoms with Gasteiger partial charge in [0.2, 0.25) is 5.69 Å². The number of nitrogens with zero attached hydrogens (tertiary/aromatic N) is 4. The Kier molecular flexibility index (Phi) is 3.86. The van der Waals surface area contributed by atoms with Crippen LogP contribution in [0.2, 0.25) is 0 Å². The molecule has 0 spiro atoms. The molecule has 1 N–H and O–H groups in total. The summed E-state index contributed by atoms with van der Waals surface area (Å²) in [5.74, 6) is 0.451. The molecule has 0 unspecified atom stereocenters. The number of pyridine rings is 1. The molecule has 0 aliphatic heterocycles. The van der Waals surface area contributed by atoms with E-state index in [1.807, 2.05) is 0 Å².